The van der Waals surface area contributed by atoms with Crippen molar-refractivity contribution >= 4 is 22.6 Å². The van der Waals surface area contributed by atoms with Crippen molar-refractivity contribution in [2.45, 2.75) is 40.5 Å². The minimum atomic E-state index is -0.315. The number of carbonyl (C=O) groups excluding carboxylic acids is 1. The van der Waals surface area contributed by atoms with Crippen molar-refractivity contribution in [3.05, 3.63) is 5.82 Å². The summed E-state index contributed by atoms with van der Waals surface area (Å²) in [4.78, 5) is 18.7. The van der Waals surface area contributed by atoms with Crippen LogP contribution in [0.2, 0.25) is 0 Å². The lowest BCUT2D eigenvalue weighted by Gasteiger charge is -2.32. The fourth-order valence-corrected chi connectivity index (χ4v) is 3.03. The van der Waals surface area contributed by atoms with E-state index in [9.17, 15) is 4.79 Å². The van der Waals surface area contributed by atoms with Gasteiger partial charge in [-0.1, -0.05) is 20.8 Å². The van der Waals surface area contributed by atoms with Gasteiger partial charge in [0.15, 0.2) is 0 Å². The maximum Gasteiger partial charge on any atom is 0.225 e. The molecule has 2 heterocycles. The van der Waals surface area contributed by atoms with Crippen LogP contribution in [-0.4, -0.2) is 34.9 Å². The van der Waals surface area contributed by atoms with Crippen LogP contribution in [0.25, 0.3) is 0 Å². The number of carbonyl (C=O) groups is 1. The first-order chi connectivity index (χ1) is 9.36. The molecule has 20 heavy (non-hydrogen) atoms. The Labute approximate surface area is 124 Å². The number of aryl methyl sites for hydroxylation is 1. The van der Waals surface area contributed by atoms with Crippen LogP contribution >= 0.6 is 11.5 Å². The fraction of sp³-hybridized carbons (Fsp3) is 0.786. The van der Waals surface area contributed by atoms with Gasteiger partial charge < -0.3 is 10.2 Å². The van der Waals surface area contributed by atoms with Crippen LogP contribution in [0.1, 0.15) is 39.4 Å². The normalized spacial score (nSPS) is 20.0. The molecule has 1 saturated heterocycles. The number of hydrogen-bond acceptors (Lipinski definition) is 5. The Kier molecular flexibility index (Phi) is 4.62. The number of aromatic nitrogens is 2. The van der Waals surface area contributed by atoms with Crippen LogP contribution in [0.5, 0.6) is 0 Å². The van der Waals surface area contributed by atoms with Crippen LogP contribution in [0.15, 0.2) is 0 Å². The summed E-state index contributed by atoms with van der Waals surface area (Å²) in [5.41, 5.74) is -0.315. The molecule has 1 N–H and O–H groups in total. The van der Waals surface area contributed by atoms with Crippen LogP contribution in [0, 0.1) is 18.3 Å². The lowest BCUT2D eigenvalue weighted by Crippen LogP contribution is -2.43. The number of nitrogens with zero attached hydrogens (tertiary/aromatic N) is 3. The van der Waals surface area contributed by atoms with E-state index in [1.54, 1.807) is 0 Å². The van der Waals surface area contributed by atoms with Gasteiger partial charge in [0.05, 0.1) is 0 Å². The number of hydrogen-bond donors (Lipinski definition) is 1. The molecule has 2 rings (SSSR count). The van der Waals surface area contributed by atoms with Gasteiger partial charge in [-0.05, 0) is 25.7 Å². The van der Waals surface area contributed by atoms with Crippen molar-refractivity contribution in [2.75, 3.05) is 24.5 Å². The van der Waals surface area contributed by atoms with Crippen molar-refractivity contribution in [3.63, 3.8) is 0 Å². The Morgan fingerprint density at radius 3 is 2.85 bits per heavy atom. The SMILES string of the molecule is Cc1nsc(N2CCCC(CNC(=O)C(C)(C)C)C2)n1. The molecule has 0 saturated carbocycles. The summed E-state index contributed by atoms with van der Waals surface area (Å²) in [5, 5.41) is 4.08. The number of amides is 1. The van der Waals surface area contributed by atoms with Crippen molar-refractivity contribution < 1.29 is 4.79 Å². The summed E-state index contributed by atoms with van der Waals surface area (Å²) < 4.78 is 4.24. The summed E-state index contributed by atoms with van der Waals surface area (Å²) in [7, 11) is 0. The second-order valence-corrected chi connectivity index (χ2v) is 7.27. The van der Waals surface area contributed by atoms with Crippen molar-refractivity contribution in [1.82, 2.24) is 14.7 Å². The van der Waals surface area contributed by atoms with Crippen molar-refractivity contribution in [2.24, 2.45) is 11.3 Å². The van der Waals surface area contributed by atoms with Gasteiger partial charge in [-0.25, -0.2) is 4.98 Å². The molecule has 0 bridgehead atoms. The molecule has 0 spiro atoms. The Morgan fingerprint density at radius 2 is 2.25 bits per heavy atom. The Hall–Kier alpha value is -1.17. The van der Waals surface area contributed by atoms with E-state index in [2.05, 4.69) is 19.6 Å². The Balaban J connectivity index is 1.86. The highest BCUT2D eigenvalue weighted by molar-refractivity contribution is 7.09. The van der Waals surface area contributed by atoms with E-state index < -0.39 is 0 Å². The minimum absolute atomic E-state index is 0.126. The van der Waals surface area contributed by atoms with E-state index >= 15 is 0 Å². The number of nitrogens with one attached hydrogen (secondary N) is 1. The number of rotatable bonds is 3. The average Bonchev–Trinajstić information content (AvgIpc) is 2.82. The fourth-order valence-electron chi connectivity index (χ4n) is 2.32. The van der Waals surface area contributed by atoms with Crippen LogP contribution < -0.4 is 10.2 Å². The topological polar surface area (TPSA) is 58.1 Å². The maximum absolute atomic E-state index is 11.9. The van der Waals surface area contributed by atoms with Crippen LogP contribution in [0.4, 0.5) is 5.13 Å². The second-order valence-electron chi connectivity index (χ2n) is 6.54. The van der Waals surface area contributed by atoms with Gasteiger partial charge in [-0.3, -0.25) is 4.79 Å². The third-order valence-corrected chi connectivity index (χ3v) is 4.41. The first-order valence-corrected chi connectivity index (χ1v) is 7.97. The zero-order valence-electron chi connectivity index (χ0n) is 12.8. The maximum atomic E-state index is 11.9. The molecule has 1 aromatic rings. The molecular weight excluding hydrogens is 272 g/mol. The summed E-state index contributed by atoms with van der Waals surface area (Å²) in [6, 6.07) is 0. The van der Waals surface area contributed by atoms with Gasteiger partial charge in [0.2, 0.25) is 11.0 Å². The molecule has 1 aromatic heterocycles. The van der Waals surface area contributed by atoms with Crippen molar-refractivity contribution in [1.29, 1.82) is 0 Å². The Bertz CT molecular complexity index is 466. The van der Waals surface area contributed by atoms with Gasteiger partial charge >= 0.3 is 0 Å². The quantitative estimate of drug-likeness (QED) is 0.929. The predicted molar refractivity (Wildman–Crippen MR) is 82.0 cm³/mol. The third-order valence-electron chi connectivity index (χ3n) is 3.54. The molecule has 5 nitrogen and oxygen atoms in total. The van der Waals surface area contributed by atoms with E-state index in [1.807, 2.05) is 27.7 Å². The van der Waals surface area contributed by atoms with Gasteiger partial charge in [-0.15, -0.1) is 0 Å². The molecule has 0 radical (unpaired) electrons. The zero-order chi connectivity index (χ0) is 14.8. The summed E-state index contributed by atoms with van der Waals surface area (Å²) in [6.07, 6.45) is 2.31. The first kappa shape index (κ1) is 15.2. The largest absolute Gasteiger partial charge is 0.355 e. The third kappa shape index (κ3) is 3.91. The van der Waals surface area contributed by atoms with E-state index in [0.717, 1.165) is 37.0 Å². The van der Waals surface area contributed by atoms with E-state index in [-0.39, 0.29) is 11.3 Å². The average molecular weight is 296 g/mol. The summed E-state index contributed by atoms with van der Waals surface area (Å²) in [5.74, 6) is 1.47. The highest BCUT2D eigenvalue weighted by Crippen LogP contribution is 2.24. The molecule has 6 heteroatoms. The highest BCUT2D eigenvalue weighted by Gasteiger charge is 2.25. The molecule has 1 amide bonds. The van der Waals surface area contributed by atoms with Crippen LogP contribution in [0.3, 0.4) is 0 Å². The van der Waals surface area contributed by atoms with Crippen LogP contribution in [-0.2, 0) is 4.79 Å². The van der Waals surface area contributed by atoms with Gasteiger partial charge in [-0.2, -0.15) is 4.37 Å². The zero-order valence-corrected chi connectivity index (χ0v) is 13.6. The smallest absolute Gasteiger partial charge is 0.225 e. The molecule has 0 aromatic carbocycles. The molecule has 112 valence electrons. The predicted octanol–water partition coefficient (Wildman–Crippen LogP) is 2.23. The molecule has 1 fully saturated rings. The molecule has 1 unspecified atom stereocenters. The highest BCUT2D eigenvalue weighted by atomic mass is 32.1. The molecule has 0 aliphatic carbocycles. The van der Waals surface area contributed by atoms with Crippen molar-refractivity contribution in [3.8, 4) is 0 Å². The minimum Gasteiger partial charge on any atom is -0.355 e. The van der Waals surface area contributed by atoms with E-state index in [1.165, 1.54) is 18.0 Å². The molecule has 1 aliphatic rings. The first-order valence-electron chi connectivity index (χ1n) is 7.20. The summed E-state index contributed by atoms with van der Waals surface area (Å²) in [6.45, 7) is 10.5. The standard InChI is InChI=1S/C14H24N4OS/c1-10-16-13(20-17-10)18-7-5-6-11(9-18)8-15-12(19)14(2,3)4/h11H,5-9H2,1-4H3,(H,15,19). The second kappa shape index (κ2) is 6.08. The van der Waals surface area contributed by atoms with Gasteiger partial charge in [0, 0.05) is 36.6 Å². The lowest BCUT2D eigenvalue weighted by molar-refractivity contribution is -0.128. The monoisotopic (exact) mass is 296 g/mol. The number of piperidine rings is 1. The van der Waals surface area contributed by atoms with Gasteiger partial charge in [0.25, 0.3) is 0 Å². The van der Waals surface area contributed by atoms with E-state index in [0.29, 0.717) is 5.92 Å². The molecular formula is C14H24N4OS. The van der Waals surface area contributed by atoms with Gasteiger partial charge in [0.1, 0.15) is 5.82 Å². The molecule has 1 atom stereocenters. The lowest BCUT2D eigenvalue weighted by atomic mass is 9.94. The van der Waals surface area contributed by atoms with E-state index in [4.69, 9.17) is 0 Å². The molecule has 1 aliphatic heterocycles. The summed E-state index contributed by atoms with van der Waals surface area (Å²) >= 11 is 1.46. The number of anilines is 1. The Morgan fingerprint density at radius 1 is 1.50 bits per heavy atom.